The van der Waals surface area contributed by atoms with Gasteiger partial charge in [-0.2, -0.15) is 0 Å². The van der Waals surface area contributed by atoms with Crippen LogP contribution in [-0.2, 0) is 4.74 Å². The van der Waals surface area contributed by atoms with Gasteiger partial charge in [-0.3, -0.25) is 0 Å². The molecule has 1 saturated heterocycles. The first kappa shape index (κ1) is 13.3. The van der Waals surface area contributed by atoms with Gasteiger partial charge < -0.3 is 9.84 Å². The molecule has 98 valence electrons. The summed E-state index contributed by atoms with van der Waals surface area (Å²) < 4.78 is 5.61. The van der Waals surface area contributed by atoms with Gasteiger partial charge in [-0.25, -0.2) is 0 Å². The Balaban J connectivity index is 2.03. The molecule has 1 aromatic rings. The van der Waals surface area contributed by atoms with E-state index in [9.17, 15) is 5.11 Å². The molecule has 2 nitrogen and oxygen atoms in total. The van der Waals surface area contributed by atoms with Crippen molar-refractivity contribution in [2.45, 2.75) is 46.0 Å². The molecule has 1 aromatic carbocycles. The van der Waals surface area contributed by atoms with Crippen LogP contribution in [0.1, 0.15) is 33.3 Å². The molecule has 0 bridgehead atoms. The maximum absolute atomic E-state index is 10.3. The molecule has 1 aliphatic heterocycles. The van der Waals surface area contributed by atoms with Gasteiger partial charge in [0.15, 0.2) is 0 Å². The van der Waals surface area contributed by atoms with E-state index < -0.39 is 6.10 Å². The van der Waals surface area contributed by atoms with E-state index in [4.69, 9.17) is 4.74 Å². The molecule has 0 aliphatic carbocycles. The standard InChI is InChI=1S/C16H22O2/c1-11(10-12-8-6-5-7-9-12)13(17)14-15(18-14)16(2,3)4/h5-10,13-15,17H,1-4H3. The minimum Gasteiger partial charge on any atom is -0.386 e. The van der Waals surface area contributed by atoms with Crippen LogP contribution in [-0.4, -0.2) is 23.4 Å². The maximum Gasteiger partial charge on any atom is 0.114 e. The minimum absolute atomic E-state index is 0.0510. The second kappa shape index (κ2) is 4.87. The van der Waals surface area contributed by atoms with Crippen LogP contribution in [0.25, 0.3) is 6.08 Å². The van der Waals surface area contributed by atoms with Gasteiger partial charge in [-0.15, -0.1) is 0 Å². The summed E-state index contributed by atoms with van der Waals surface area (Å²) in [5.41, 5.74) is 2.17. The Labute approximate surface area is 109 Å². The molecule has 1 fully saturated rings. The molecular weight excluding hydrogens is 224 g/mol. The molecule has 3 unspecified atom stereocenters. The number of epoxide rings is 1. The molecule has 0 radical (unpaired) electrons. The van der Waals surface area contributed by atoms with Crippen molar-refractivity contribution in [2.24, 2.45) is 5.41 Å². The highest BCUT2D eigenvalue weighted by Gasteiger charge is 2.51. The molecule has 0 amide bonds. The summed E-state index contributed by atoms with van der Waals surface area (Å²) in [7, 11) is 0. The van der Waals surface area contributed by atoms with Crippen molar-refractivity contribution >= 4 is 6.08 Å². The maximum atomic E-state index is 10.3. The quantitative estimate of drug-likeness (QED) is 0.830. The fourth-order valence-electron chi connectivity index (χ4n) is 2.22. The number of aliphatic hydroxyl groups excluding tert-OH is 1. The lowest BCUT2D eigenvalue weighted by molar-refractivity contribution is 0.167. The summed E-state index contributed by atoms with van der Waals surface area (Å²) in [6.45, 7) is 8.38. The van der Waals surface area contributed by atoms with Crippen molar-refractivity contribution in [1.82, 2.24) is 0 Å². The number of hydrogen-bond acceptors (Lipinski definition) is 2. The van der Waals surface area contributed by atoms with Crippen LogP contribution in [0.3, 0.4) is 0 Å². The summed E-state index contributed by atoms with van der Waals surface area (Å²) in [5.74, 6) is 0. The van der Waals surface area contributed by atoms with Crippen molar-refractivity contribution in [3.8, 4) is 0 Å². The second-order valence-electron chi connectivity index (χ2n) is 6.13. The molecule has 18 heavy (non-hydrogen) atoms. The first-order valence-corrected chi connectivity index (χ1v) is 6.46. The van der Waals surface area contributed by atoms with Gasteiger partial charge in [0.1, 0.15) is 12.2 Å². The minimum atomic E-state index is -0.505. The molecule has 0 saturated carbocycles. The van der Waals surface area contributed by atoms with Crippen molar-refractivity contribution in [3.05, 3.63) is 41.5 Å². The van der Waals surface area contributed by atoms with Gasteiger partial charge >= 0.3 is 0 Å². The smallest absolute Gasteiger partial charge is 0.114 e. The van der Waals surface area contributed by atoms with E-state index in [1.54, 1.807) is 0 Å². The van der Waals surface area contributed by atoms with Gasteiger partial charge in [-0.05, 0) is 23.5 Å². The van der Waals surface area contributed by atoms with Crippen molar-refractivity contribution < 1.29 is 9.84 Å². The zero-order chi connectivity index (χ0) is 13.3. The number of ether oxygens (including phenoxy) is 1. The van der Waals surface area contributed by atoms with Crippen LogP contribution >= 0.6 is 0 Å². The van der Waals surface area contributed by atoms with Crippen LogP contribution in [0.15, 0.2) is 35.9 Å². The summed E-state index contributed by atoms with van der Waals surface area (Å²) in [6, 6.07) is 10.0. The third-order valence-corrected chi connectivity index (χ3v) is 3.35. The summed E-state index contributed by atoms with van der Waals surface area (Å²) in [6.07, 6.45) is 1.62. The molecule has 1 aliphatic rings. The second-order valence-corrected chi connectivity index (χ2v) is 6.13. The monoisotopic (exact) mass is 246 g/mol. The Bertz CT molecular complexity index is 428. The van der Waals surface area contributed by atoms with E-state index in [1.165, 1.54) is 0 Å². The van der Waals surface area contributed by atoms with Crippen molar-refractivity contribution in [1.29, 1.82) is 0 Å². The molecule has 2 rings (SSSR count). The molecule has 1 heterocycles. The molecule has 3 atom stereocenters. The predicted molar refractivity (Wildman–Crippen MR) is 74.2 cm³/mol. The Morgan fingerprint density at radius 2 is 1.89 bits per heavy atom. The van der Waals surface area contributed by atoms with Crippen LogP contribution in [0.4, 0.5) is 0 Å². The molecule has 2 heteroatoms. The topological polar surface area (TPSA) is 32.8 Å². The lowest BCUT2D eigenvalue weighted by Gasteiger charge is -2.16. The molecule has 0 spiro atoms. The van der Waals surface area contributed by atoms with Crippen LogP contribution in [0, 0.1) is 5.41 Å². The lowest BCUT2D eigenvalue weighted by atomic mass is 9.88. The Hall–Kier alpha value is -1.12. The highest BCUT2D eigenvalue weighted by molar-refractivity contribution is 5.53. The number of hydrogen-bond donors (Lipinski definition) is 1. The van der Waals surface area contributed by atoms with Crippen molar-refractivity contribution in [3.63, 3.8) is 0 Å². The van der Waals surface area contributed by atoms with Gasteiger partial charge in [0, 0.05) is 0 Å². The fraction of sp³-hybridized carbons (Fsp3) is 0.500. The summed E-state index contributed by atoms with van der Waals surface area (Å²) >= 11 is 0. The largest absolute Gasteiger partial charge is 0.386 e. The SMILES string of the molecule is CC(=Cc1ccccc1)C(O)C1OC1C(C)(C)C. The normalized spacial score (nSPS) is 25.9. The van der Waals surface area contributed by atoms with E-state index in [-0.39, 0.29) is 17.6 Å². The molecule has 0 aromatic heterocycles. The van der Waals surface area contributed by atoms with E-state index >= 15 is 0 Å². The van der Waals surface area contributed by atoms with Gasteiger partial charge in [0.25, 0.3) is 0 Å². The average molecular weight is 246 g/mol. The Morgan fingerprint density at radius 1 is 1.28 bits per heavy atom. The molecular formula is C16H22O2. The highest BCUT2D eigenvalue weighted by Crippen LogP contribution is 2.41. The zero-order valence-electron chi connectivity index (χ0n) is 11.6. The van der Waals surface area contributed by atoms with Gasteiger partial charge in [0.2, 0.25) is 0 Å². The van der Waals surface area contributed by atoms with Crippen LogP contribution in [0.5, 0.6) is 0 Å². The van der Waals surface area contributed by atoms with E-state index in [0.717, 1.165) is 11.1 Å². The van der Waals surface area contributed by atoms with E-state index in [1.807, 2.05) is 43.3 Å². The first-order valence-electron chi connectivity index (χ1n) is 6.46. The number of rotatable bonds is 3. The van der Waals surface area contributed by atoms with Gasteiger partial charge in [0.05, 0.1) is 6.10 Å². The van der Waals surface area contributed by atoms with Crippen LogP contribution in [0.2, 0.25) is 0 Å². The summed E-state index contributed by atoms with van der Waals surface area (Å²) in [5, 5.41) is 10.3. The third kappa shape index (κ3) is 3.01. The Morgan fingerprint density at radius 3 is 2.39 bits per heavy atom. The highest BCUT2D eigenvalue weighted by atomic mass is 16.6. The molecule has 1 N–H and O–H groups in total. The fourth-order valence-corrected chi connectivity index (χ4v) is 2.22. The lowest BCUT2D eigenvalue weighted by Crippen LogP contribution is -2.24. The first-order chi connectivity index (χ1) is 8.39. The summed E-state index contributed by atoms with van der Waals surface area (Å²) in [4.78, 5) is 0. The van der Waals surface area contributed by atoms with Crippen molar-refractivity contribution in [2.75, 3.05) is 0 Å². The number of aliphatic hydroxyl groups is 1. The Kier molecular flexibility index (Phi) is 3.60. The van der Waals surface area contributed by atoms with E-state index in [2.05, 4.69) is 20.8 Å². The third-order valence-electron chi connectivity index (χ3n) is 3.35. The average Bonchev–Trinajstić information content (AvgIpc) is 3.08. The number of benzene rings is 1. The van der Waals surface area contributed by atoms with Crippen LogP contribution < -0.4 is 0 Å². The predicted octanol–water partition coefficient (Wildman–Crippen LogP) is 3.26. The van der Waals surface area contributed by atoms with E-state index in [0.29, 0.717) is 0 Å². The zero-order valence-corrected chi connectivity index (χ0v) is 11.6. The van der Waals surface area contributed by atoms with Gasteiger partial charge in [-0.1, -0.05) is 57.2 Å².